The predicted octanol–water partition coefficient (Wildman–Crippen LogP) is 5.39. The van der Waals surface area contributed by atoms with E-state index in [-0.39, 0.29) is 47.8 Å². The molecule has 0 spiro atoms. The normalized spacial score (nSPS) is 46.4. The molecule has 4 rings (SSSR count). The van der Waals surface area contributed by atoms with Crippen LogP contribution >= 0.6 is 0 Å². The molecule has 4 saturated heterocycles. The summed E-state index contributed by atoms with van der Waals surface area (Å²) in [6.07, 6.45) is 9.53. The van der Waals surface area contributed by atoms with Crippen LogP contribution in [0.25, 0.3) is 0 Å². The van der Waals surface area contributed by atoms with Crippen LogP contribution in [0.1, 0.15) is 106 Å². The van der Waals surface area contributed by atoms with E-state index < -0.39 is 11.2 Å². The molecular weight excluding hydrogens is 456 g/mol. The molecule has 0 radical (unpaired) electrons. The Bertz CT molecular complexity index is 843. The molecule has 0 saturated carbocycles. The van der Waals surface area contributed by atoms with Crippen molar-refractivity contribution in [2.24, 2.45) is 0 Å². The SMILES string of the molecule is C=C(C)C1CCC(C)(C2CCC3(C)OC(C(C)=CCC4OC(C(C)(C)O)CCC4(C)O)CCC3O2)O1. The molecule has 4 fully saturated rings. The van der Waals surface area contributed by atoms with Gasteiger partial charge < -0.3 is 29.2 Å². The highest BCUT2D eigenvalue weighted by Gasteiger charge is 2.52. The van der Waals surface area contributed by atoms with Crippen molar-refractivity contribution in [3.8, 4) is 0 Å². The van der Waals surface area contributed by atoms with Crippen molar-refractivity contribution in [2.75, 3.05) is 0 Å². The van der Waals surface area contributed by atoms with Crippen LogP contribution in [0.5, 0.6) is 0 Å². The number of rotatable bonds is 6. The first kappa shape index (κ1) is 28.3. The van der Waals surface area contributed by atoms with E-state index in [4.69, 9.17) is 18.9 Å². The van der Waals surface area contributed by atoms with Gasteiger partial charge >= 0.3 is 0 Å². The van der Waals surface area contributed by atoms with Crippen molar-refractivity contribution in [1.29, 1.82) is 0 Å². The molecule has 0 aromatic rings. The van der Waals surface area contributed by atoms with Crippen LogP contribution in [0.3, 0.4) is 0 Å². The first-order valence-corrected chi connectivity index (χ1v) is 14.1. The summed E-state index contributed by atoms with van der Waals surface area (Å²) < 4.78 is 26.0. The molecule has 4 aliphatic heterocycles. The fourth-order valence-corrected chi connectivity index (χ4v) is 6.65. The molecule has 2 N–H and O–H groups in total. The second kappa shape index (κ2) is 10.1. The number of ether oxygens (including phenoxy) is 4. The van der Waals surface area contributed by atoms with Crippen LogP contribution in [0.15, 0.2) is 23.8 Å². The lowest BCUT2D eigenvalue weighted by atomic mass is 9.78. The Balaban J connectivity index is 1.36. The van der Waals surface area contributed by atoms with E-state index in [2.05, 4.69) is 33.4 Å². The summed E-state index contributed by atoms with van der Waals surface area (Å²) in [5, 5.41) is 21.3. The largest absolute Gasteiger partial charge is 0.388 e. The summed E-state index contributed by atoms with van der Waals surface area (Å²) in [7, 11) is 0. The maximum Gasteiger partial charge on any atom is 0.0924 e. The van der Waals surface area contributed by atoms with Gasteiger partial charge in [-0.05, 0) is 112 Å². The van der Waals surface area contributed by atoms with E-state index in [0.717, 1.165) is 44.1 Å². The molecule has 9 unspecified atom stereocenters. The van der Waals surface area contributed by atoms with Gasteiger partial charge in [0.2, 0.25) is 0 Å². The lowest BCUT2D eigenvalue weighted by Crippen LogP contribution is -2.58. The molecule has 4 aliphatic rings. The number of hydrogen-bond donors (Lipinski definition) is 2. The average molecular weight is 507 g/mol. The fourth-order valence-electron chi connectivity index (χ4n) is 6.65. The quantitative estimate of drug-likeness (QED) is 0.470. The lowest BCUT2D eigenvalue weighted by molar-refractivity contribution is -0.260. The van der Waals surface area contributed by atoms with Gasteiger partial charge in [-0.3, -0.25) is 0 Å². The van der Waals surface area contributed by atoms with Gasteiger partial charge in [-0.2, -0.15) is 0 Å². The summed E-state index contributed by atoms with van der Waals surface area (Å²) in [5.41, 5.74) is -0.116. The third-order valence-corrected chi connectivity index (χ3v) is 9.44. The van der Waals surface area contributed by atoms with E-state index in [9.17, 15) is 10.2 Å². The van der Waals surface area contributed by atoms with Gasteiger partial charge in [-0.15, -0.1) is 0 Å². The van der Waals surface area contributed by atoms with Crippen LogP contribution in [0.4, 0.5) is 0 Å². The highest BCUT2D eigenvalue weighted by Crippen LogP contribution is 2.47. The van der Waals surface area contributed by atoms with Gasteiger partial charge in [0.1, 0.15) is 0 Å². The van der Waals surface area contributed by atoms with Crippen molar-refractivity contribution in [2.45, 2.75) is 165 Å². The first-order chi connectivity index (χ1) is 16.6. The molecule has 0 amide bonds. The van der Waals surface area contributed by atoms with Gasteiger partial charge in [-0.1, -0.05) is 18.2 Å². The van der Waals surface area contributed by atoms with Gasteiger partial charge in [0, 0.05) is 0 Å². The van der Waals surface area contributed by atoms with E-state index in [0.29, 0.717) is 19.3 Å². The Morgan fingerprint density at radius 2 is 1.50 bits per heavy atom. The minimum Gasteiger partial charge on any atom is -0.388 e. The van der Waals surface area contributed by atoms with Crippen molar-refractivity contribution in [3.05, 3.63) is 23.8 Å². The predicted molar refractivity (Wildman–Crippen MR) is 141 cm³/mol. The molecule has 4 heterocycles. The van der Waals surface area contributed by atoms with Crippen molar-refractivity contribution in [1.82, 2.24) is 0 Å². The molecule has 36 heavy (non-hydrogen) atoms. The zero-order chi connectivity index (χ0) is 26.5. The molecule has 0 aliphatic carbocycles. The second-order valence-electron chi connectivity index (χ2n) is 13.3. The molecule has 206 valence electrons. The molecular formula is C30H50O6. The zero-order valence-electron chi connectivity index (χ0n) is 23.6. The fraction of sp³-hybridized carbons (Fsp3) is 0.867. The summed E-state index contributed by atoms with van der Waals surface area (Å²) in [6, 6.07) is 0. The van der Waals surface area contributed by atoms with Crippen molar-refractivity contribution in [3.63, 3.8) is 0 Å². The minimum atomic E-state index is -0.922. The number of fused-ring (bicyclic) bond motifs is 1. The Labute approximate surface area is 218 Å². The van der Waals surface area contributed by atoms with Gasteiger partial charge in [0.15, 0.2) is 0 Å². The van der Waals surface area contributed by atoms with Gasteiger partial charge in [0.25, 0.3) is 0 Å². The lowest BCUT2D eigenvalue weighted by Gasteiger charge is -2.52. The molecule has 0 aromatic heterocycles. The van der Waals surface area contributed by atoms with Crippen molar-refractivity contribution < 1.29 is 29.2 Å². The van der Waals surface area contributed by atoms with Crippen molar-refractivity contribution >= 4 is 0 Å². The van der Waals surface area contributed by atoms with E-state index in [1.165, 1.54) is 5.57 Å². The number of hydrogen-bond acceptors (Lipinski definition) is 6. The molecule has 6 heteroatoms. The standard InChI is InChI=1S/C30H50O6/c1-19(2)21-13-17-29(7,35-21)26-15-18-30(8)25(34-26)12-10-22(36-30)20(3)9-11-24-28(6,32)16-14-23(33-24)27(4,5)31/h9,21-26,31-32H,1,10-18H2,2-8H3. The van der Waals surface area contributed by atoms with E-state index in [1.54, 1.807) is 13.8 Å². The van der Waals surface area contributed by atoms with E-state index >= 15 is 0 Å². The Morgan fingerprint density at radius 1 is 0.889 bits per heavy atom. The third-order valence-electron chi connectivity index (χ3n) is 9.44. The van der Waals surface area contributed by atoms with Gasteiger partial charge in [-0.25, -0.2) is 0 Å². The summed E-state index contributed by atoms with van der Waals surface area (Å²) in [4.78, 5) is 0. The summed E-state index contributed by atoms with van der Waals surface area (Å²) in [6.45, 7) is 18.1. The monoisotopic (exact) mass is 506 g/mol. The van der Waals surface area contributed by atoms with Gasteiger partial charge in [0.05, 0.1) is 59.0 Å². The van der Waals surface area contributed by atoms with Crippen LogP contribution < -0.4 is 0 Å². The maximum atomic E-state index is 10.9. The summed E-state index contributed by atoms with van der Waals surface area (Å²) >= 11 is 0. The molecule has 9 atom stereocenters. The molecule has 0 bridgehead atoms. The average Bonchev–Trinajstić information content (AvgIpc) is 3.19. The Hall–Kier alpha value is -0.760. The first-order valence-electron chi connectivity index (χ1n) is 14.1. The van der Waals surface area contributed by atoms with E-state index in [1.807, 2.05) is 13.8 Å². The Kier molecular flexibility index (Phi) is 7.92. The Morgan fingerprint density at radius 3 is 2.11 bits per heavy atom. The summed E-state index contributed by atoms with van der Waals surface area (Å²) in [5.74, 6) is 0. The number of aliphatic hydroxyl groups is 2. The smallest absolute Gasteiger partial charge is 0.0924 e. The van der Waals surface area contributed by atoms with Crippen LogP contribution in [-0.2, 0) is 18.9 Å². The van der Waals surface area contributed by atoms with Crippen LogP contribution in [0.2, 0.25) is 0 Å². The molecule has 6 nitrogen and oxygen atoms in total. The third kappa shape index (κ3) is 5.79. The second-order valence-corrected chi connectivity index (χ2v) is 13.3. The topological polar surface area (TPSA) is 77.4 Å². The highest BCUT2D eigenvalue weighted by atomic mass is 16.6. The van der Waals surface area contributed by atoms with Crippen LogP contribution in [0, 0.1) is 0 Å². The highest BCUT2D eigenvalue weighted by molar-refractivity contribution is 5.12. The molecule has 0 aromatic carbocycles. The minimum absolute atomic E-state index is 0.0381. The maximum absolute atomic E-state index is 10.9. The zero-order valence-corrected chi connectivity index (χ0v) is 23.6. The van der Waals surface area contributed by atoms with Crippen LogP contribution in [-0.4, -0.2) is 69.2 Å².